The van der Waals surface area contributed by atoms with E-state index in [0.29, 0.717) is 37.0 Å². The zero-order chi connectivity index (χ0) is 19.6. The quantitative estimate of drug-likeness (QED) is 0.284. The van der Waals surface area contributed by atoms with Gasteiger partial charge in [0.25, 0.3) is 0 Å². The molecule has 4 N–H and O–H groups in total. The van der Waals surface area contributed by atoms with E-state index in [1.165, 1.54) is 12.1 Å². The Morgan fingerprint density at radius 3 is 2.50 bits per heavy atom. The van der Waals surface area contributed by atoms with Crippen molar-refractivity contribution in [3.63, 3.8) is 0 Å². The number of primary amides is 1. The molecule has 152 valence electrons. The molecule has 0 saturated carbocycles. The minimum atomic E-state index is -0.439. The zero-order valence-corrected chi connectivity index (χ0v) is 18.7. The first-order chi connectivity index (χ1) is 13.0. The van der Waals surface area contributed by atoms with Crippen LogP contribution in [0.1, 0.15) is 18.1 Å². The third-order valence-electron chi connectivity index (χ3n) is 3.97. The van der Waals surface area contributed by atoms with Crippen molar-refractivity contribution < 1.29 is 9.18 Å². The maximum absolute atomic E-state index is 13.0. The summed E-state index contributed by atoms with van der Waals surface area (Å²) in [7, 11) is 0. The molecule has 0 fully saturated rings. The molecule has 5 nitrogen and oxygen atoms in total. The van der Waals surface area contributed by atoms with Gasteiger partial charge in [0.15, 0.2) is 5.96 Å². The van der Waals surface area contributed by atoms with Crippen LogP contribution < -0.4 is 16.4 Å². The van der Waals surface area contributed by atoms with E-state index < -0.39 is 11.8 Å². The lowest BCUT2D eigenvalue weighted by molar-refractivity contribution is -0.121. The number of nitrogens with one attached hydrogen (secondary N) is 2. The number of halogens is 3. The number of guanidine groups is 1. The molecule has 0 bridgehead atoms. The molecule has 0 radical (unpaired) electrons. The maximum atomic E-state index is 13.0. The van der Waals surface area contributed by atoms with Crippen LogP contribution in [0.2, 0.25) is 5.02 Å². The van der Waals surface area contributed by atoms with Crippen LogP contribution in [0, 0.1) is 11.7 Å². The first-order valence-corrected chi connectivity index (χ1v) is 9.16. The summed E-state index contributed by atoms with van der Waals surface area (Å²) in [6, 6.07) is 13.5. The highest BCUT2D eigenvalue weighted by Crippen LogP contribution is 2.12. The second-order valence-corrected chi connectivity index (χ2v) is 6.57. The van der Waals surface area contributed by atoms with Crippen LogP contribution in [0.15, 0.2) is 53.5 Å². The largest absolute Gasteiger partial charge is 0.369 e. The summed E-state index contributed by atoms with van der Waals surface area (Å²) < 4.78 is 13.0. The van der Waals surface area contributed by atoms with Crippen LogP contribution in [0.4, 0.5) is 4.39 Å². The van der Waals surface area contributed by atoms with Crippen molar-refractivity contribution in [2.45, 2.75) is 19.9 Å². The van der Waals surface area contributed by atoms with E-state index >= 15 is 0 Å². The Bertz CT molecular complexity index is 786. The van der Waals surface area contributed by atoms with Crippen LogP contribution in [0.3, 0.4) is 0 Å². The van der Waals surface area contributed by atoms with Crippen molar-refractivity contribution >= 4 is 47.4 Å². The van der Waals surface area contributed by atoms with Gasteiger partial charge >= 0.3 is 0 Å². The van der Waals surface area contributed by atoms with Gasteiger partial charge in [0, 0.05) is 18.1 Å². The van der Waals surface area contributed by atoms with Crippen LogP contribution >= 0.6 is 35.6 Å². The van der Waals surface area contributed by atoms with Crippen LogP contribution in [-0.4, -0.2) is 25.0 Å². The SMILES string of the molecule is CCNC(=NCc1cccc(Cl)c1)NCC(Cc1ccc(F)cc1)C(N)=O.I. The van der Waals surface area contributed by atoms with Crippen molar-refractivity contribution in [3.05, 3.63) is 70.5 Å². The van der Waals surface area contributed by atoms with Crippen molar-refractivity contribution in [2.75, 3.05) is 13.1 Å². The molecular formula is C20H25ClFIN4O. The molecule has 0 aliphatic carbocycles. The maximum Gasteiger partial charge on any atom is 0.222 e. The third-order valence-corrected chi connectivity index (χ3v) is 4.20. The summed E-state index contributed by atoms with van der Waals surface area (Å²) >= 11 is 5.99. The first kappa shape index (κ1) is 24.2. The molecule has 0 aliphatic rings. The van der Waals surface area contributed by atoms with Gasteiger partial charge in [0.2, 0.25) is 5.91 Å². The lowest BCUT2D eigenvalue weighted by Gasteiger charge is -2.17. The topological polar surface area (TPSA) is 79.5 Å². The van der Waals surface area contributed by atoms with Gasteiger partial charge in [-0.05, 0) is 48.7 Å². The number of benzene rings is 2. The first-order valence-electron chi connectivity index (χ1n) is 8.78. The Morgan fingerprint density at radius 1 is 1.18 bits per heavy atom. The fourth-order valence-corrected chi connectivity index (χ4v) is 2.76. The van der Waals surface area contributed by atoms with Gasteiger partial charge < -0.3 is 16.4 Å². The molecule has 0 spiro atoms. The Kier molecular flexibility index (Phi) is 10.8. The summed E-state index contributed by atoms with van der Waals surface area (Å²) in [5.74, 6) is -0.582. The fraction of sp³-hybridized carbons (Fsp3) is 0.300. The Balaban J connectivity index is 0.00000392. The lowest BCUT2D eigenvalue weighted by Crippen LogP contribution is -2.43. The fourth-order valence-electron chi connectivity index (χ4n) is 2.55. The summed E-state index contributed by atoms with van der Waals surface area (Å²) in [5.41, 5.74) is 7.36. The van der Waals surface area contributed by atoms with E-state index in [-0.39, 0.29) is 29.8 Å². The number of rotatable bonds is 8. The molecule has 0 aliphatic heterocycles. The summed E-state index contributed by atoms with van der Waals surface area (Å²) in [6.07, 6.45) is 0.427. The van der Waals surface area contributed by atoms with Crippen LogP contribution in [0.5, 0.6) is 0 Å². The monoisotopic (exact) mass is 518 g/mol. The molecule has 2 rings (SSSR count). The second-order valence-electron chi connectivity index (χ2n) is 6.14. The molecule has 1 amide bonds. The highest BCUT2D eigenvalue weighted by Gasteiger charge is 2.16. The van der Waals surface area contributed by atoms with Gasteiger partial charge in [-0.3, -0.25) is 4.79 Å². The number of hydrogen-bond donors (Lipinski definition) is 3. The van der Waals surface area contributed by atoms with Gasteiger partial charge in [-0.2, -0.15) is 0 Å². The molecule has 0 heterocycles. The highest BCUT2D eigenvalue weighted by atomic mass is 127. The smallest absolute Gasteiger partial charge is 0.222 e. The van der Waals surface area contributed by atoms with Crippen molar-refractivity contribution in [1.82, 2.24) is 10.6 Å². The van der Waals surface area contributed by atoms with Gasteiger partial charge in [-0.15, -0.1) is 24.0 Å². The third kappa shape index (κ3) is 8.43. The summed E-state index contributed by atoms with van der Waals surface area (Å²) in [5, 5.41) is 6.95. The number of hydrogen-bond acceptors (Lipinski definition) is 2. The van der Waals surface area contributed by atoms with E-state index in [1.807, 2.05) is 31.2 Å². The second kappa shape index (κ2) is 12.6. The molecule has 28 heavy (non-hydrogen) atoms. The average molecular weight is 519 g/mol. The number of carbonyl (C=O) groups is 1. The highest BCUT2D eigenvalue weighted by molar-refractivity contribution is 14.0. The molecule has 0 saturated heterocycles. The van der Waals surface area contributed by atoms with Crippen LogP contribution in [0.25, 0.3) is 0 Å². The van der Waals surface area contributed by atoms with Gasteiger partial charge in [0.05, 0.1) is 12.5 Å². The van der Waals surface area contributed by atoms with Crippen molar-refractivity contribution in [2.24, 2.45) is 16.6 Å². The van der Waals surface area contributed by atoms with E-state index in [2.05, 4.69) is 15.6 Å². The van der Waals surface area contributed by atoms with E-state index in [1.54, 1.807) is 12.1 Å². The number of nitrogens with zero attached hydrogens (tertiary/aromatic N) is 1. The van der Waals surface area contributed by atoms with E-state index in [0.717, 1.165) is 11.1 Å². The molecule has 2 aromatic carbocycles. The minimum absolute atomic E-state index is 0. The predicted octanol–water partition coefficient (Wildman–Crippen LogP) is 3.50. The normalized spacial score (nSPS) is 12.0. The number of aliphatic imine (C=N–C) groups is 1. The van der Waals surface area contributed by atoms with Crippen molar-refractivity contribution in [3.8, 4) is 0 Å². The zero-order valence-electron chi connectivity index (χ0n) is 15.6. The summed E-state index contributed by atoms with van der Waals surface area (Å²) in [4.78, 5) is 16.3. The van der Waals surface area contributed by atoms with Crippen LogP contribution in [-0.2, 0) is 17.8 Å². The molecular weight excluding hydrogens is 494 g/mol. The minimum Gasteiger partial charge on any atom is -0.369 e. The molecule has 1 unspecified atom stereocenters. The Hall–Kier alpha value is -1.87. The molecule has 1 atom stereocenters. The number of carbonyl (C=O) groups excluding carboxylic acids is 1. The van der Waals surface area contributed by atoms with Crippen molar-refractivity contribution in [1.29, 1.82) is 0 Å². The number of amides is 1. The Labute approximate surface area is 187 Å². The number of nitrogens with two attached hydrogens (primary N) is 1. The average Bonchev–Trinajstić information content (AvgIpc) is 2.64. The molecule has 2 aromatic rings. The molecule has 0 aromatic heterocycles. The van der Waals surface area contributed by atoms with E-state index in [9.17, 15) is 9.18 Å². The van der Waals surface area contributed by atoms with Gasteiger partial charge in [-0.1, -0.05) is 35.9 Å². The lowest BCUT2D eigenvalue weighted by atomic mass is 9.98. The predicted molar refractivity (Wildman–Crippen MR) is 122 cm³/mol. The summed E-state index contributed by atoms with van der Waals surface area (Å²) in [6.45, 7) is 3.42. The van der Waals surface area contributed by atoms with Gasteiger partial charge in [-0.25, -0.2) is 9.38 Å². The standard InChI is InChI=1S/C20H24ClFN4O.HI/c1-2-24-20(25-12-15-4-3-5-17(21)11-15)26-13-16(19(23)27)10-14-6-8-18(22)9-7-14;/h3-9,11,16H,2,10,12-13H2,1H3,(H2,23,27)(H2,24,25,26);1H. The van der Waals surface area contributed by atoms with Gasteiger partial charge in [0.1, 0.15) is 5.82 Å². The molecule has 8 heteroatoms. The van der Waals surface area contributed by atoms with E-state index in [4.69, 9.17) is 17.3 Å². The Morgan fingerprint density at radius 2 is 1.89 bits per heavy atom.